The van der Waals surface area contributed by atoms with Gasteiger partial charge >= 0.3 is 11.9 Å². The summed E-state index contributed by atoms with van der Waals surface area (Å²) < 4.78 is 17.0. The SMILES string of the molecule is Cc1ccccc1Nc1nc([C@]2(C)C[C@@]3(C[C@@H](COCCC(C)C)OC3=O)C(=O)O2)cs1. The van der Waals surface area contributed by atoms with Crippen molar-refractivity contribution in [2.24, 2.45) is 11.3 Å². The number of carbonyl (C=O) groups is 2. The van der Waals surface area contributed by atoms with Crippen molar-refractivity contribution in [2.45, 2.75) is 58.7 Å². The van der Waals surface area contributed by atoms with E-state index < -0.39 is 29.1 Å². The fourth-order valence-corrected chi connectivity index (χ4v) is 5.09. The van der Waals surface area contributed by atoms with Gasteiger partial charge in [0, 0.05) is 30.5 Å². The van der Waals surface area contributed by atoms with Gasteiger partial charge in [-0.2, -0.15) is 0 Å². The van der Waals surface area contributed by atoms with Crippen molar-refractivity contribution in [3.8, 4) is 0 Å². The van der Waals surface area contributed by atoms with E-state index in [1.54, 1.807) is 0 Å². The summed E-state index contributed by atoms with van der Waals surface area (Å²) in [5, 5.41) is 5.90. The Balaban J connectivity index is 1.44. The van der Waals surface area contributed by atoms with E-state index in [9.17, 15) is 9.59 Å². The summed E-state index contributed by atoms with van der Waals surface area (Å²) >= 11 is 1.44. The monoisotopic (exact) mass is 458 g/mol. The quantitative estimate of drug-likeness (QED) is 0.348. The van der Waals surface area contributed by atoms with E-state index in [1.165, 1.54) is 11.3 Å². The fraction of sp³-hybridized carbons (Fsp3) is 0.542. The molecule has 0 radical (unpaired) electrons. The van der Waals surface area contributed by atoms with Gasteiger partial charge in [0.2, 0.25) is 0 Å². The molecule has 1 spiro atoms. The number of nitrogens with zero attached hydrogens (tertiary/aromatic N) is 1. The Labute approximate surface area is 192 Å². The second kappa shape index (κ2) is 8.83. The van der Waals surface area contributed by atoms with Crippen LogP contribution in [0.1, 0.15) is 51.3 Å². The average Bonchev–Trinajstić information content (AvgIpc) is 3.39. The highest BCUT2D eigenvalue weighted by atomic mass is 32.1. The lowest BCUT2D eigenvalue weighted by Gasteiger charge is -2.20. The molecule has 32 heavy (non-hydrogen) atoms. The fourth-order valence-electron chi connectivity index (χ4n) is 4.25. The first-order valence-electron chi connectivity index (χ1n) is 11.0. The molecule has 2 saturated heterocycles. The minimum absolute atomic E-state index is 0.216. The highest BCUT2D eigenvalue weighted by Gasteiger charge is 2.65. The van der Waals surface area contributed by atoms with Crippen molar-refractivity contribution < 1.29 is 23.8 Å². The predicted molar refractivity (Wildman–Crippen MR) is 122 cm³/mol. The molecule has 8 heteroatoms. The number of hydrogen-bond donors (Lipinski definition) is 1. The van der Waals surface area contributed by atoms with Gasteiger partial charge < -0.3 is 19.5 Å². The third kappa shape index (κ3) is 4.38. The summed E-state index contributed by atoms with van der Waals surface area (Å²) in [6, 6.07) is 7.95. The van der Waals surface area contributed by atoms with Gasteiger partial charge in [-0.05, 0) is 37.8 Å². The molecular weight excluding hydrogens is 428 g/mol. The first-order chi connectivity index (χ1) is 15.2. The number of para-hydroxylation sites is 1. The van der Waals surface area contributed by atoms with Crippen LogP contribution in [-0.2, 0) is 29.4 Å². The molecule has 3 atom stereocenters. The highest BCUT2D eigenvalue weighted by molar-refractivity contribution is 7.13. The van der Waals surface area contributed by atoms with E-state index in [4.69, 9.17) is 14.2 Å². The van der Waals surface area contributed by atoms with Crippen LogP contribution in [0.5, 0.6) is 0 Å². The zero-order chi connectivity index (χ0) is 22.9. The number of anilines is 2. The second-order valence-corrected chi connectivity index (χ2v) is 10.2. The van der Waals surface area contributed by atoms with E-state index in [0.717, 1.165) is 17.7 Å². The Kier molecular flexibility index (Phi) is 6.27. The molecule has 172 valence electrons. The van der Waals surface area contributed by atoms with Gasteiger partial charge in [0.1, 0.15) is 6.10 Å². The first kappa shape index (κ1) is 22.7. The molecular formula is C24H30N2O5S. The molecule has 0 unspecified atom stereocenters. The number of thiazole rings is 1. The van der Waals surface area contributed by atoms with Crippen molar-refractivity contribution in [2.75, 3.05) is 18.5 Å². The molecule has 3 heterocycles. The number of ether oxygens (including phenoxy) is 3. The minimum atomic E-state index is -1.28. The lowest BCUT2D eigenvalue weighted by molar-refractivity contribution is -0.160. The molecule has 2 aromatic rings. The number of cyclic esters (lactones) is 2. The molecule has 1 aromatic heterocycles. The van der Waals surface area contributed by atoms with Crippen LogP contribution in [0.4, 0.5) is 10.8 Å². The predicted octanol–water partition coefficient (Wildman–Crippen LogP) is 4.72. The lowest BCUT2D eigenvalue weighted by atomic mass is 9.78. The molecule has 7 nitrogen and oxygen atoms in total. The van der Waals surface area contributed by atoms with Crippen LogP contribution in [0.2, 0.25) is 0 Å². The second-order valence-electron chi connectivity index (χ2n) is 9.35. The Bertz CT molecular complexity index is 1010. The maximum Gasteiger partial charge on any atom is 0.324 e. The number of rotatable bonds is 8. The van der Waals surface area contributed by atoms with Crippen molar-refractivity contribution in [3.63, 3.8) is 0 Å². The molecule has 2 fully saturated rings. The Morgan fingerprint density at radius 3 is 2.81 bits per heavy atom. The van der Waals surface area contributed by atoms with Crippen LogP contribution >= 0.6 is 11.3 Å². The Morgan fingerprint density at radius 2 is 2.06 bits per heavy atom. The summed E-state index contributed by atoms with van der Waals surface area (Å²) in [5.41, 5.74) is 0.447. The summed E-state index contributed by atoms with van der Waals surface area (Å²) in [5.74, 6) is -0.505. The van der Waals surface area contributed by atoms with Gasteiger partial charge in [0.05, 0.1) is 12.3 Å². The topological polar surface area (TPSA) is 86.8 Å². The van der Waals surface area contributed by atoms with Gasteiger partial charge in [-0.3, -0.25) is 9.59 Å². The van der Waals surface area contributed by atoms with Crippen molar-refractivity contribution in [1.82, 2.24) is 4.98 Å². The summed E-state index contributed by atoms with van der Waals surface area (Å²) in [7, 11) is 0. The van der Waals surface area contributed by atoms with E-state index in [0.29, 0.717) is 30.0 Å². The molecule has 0 amide bonds. The number of carbonyl (C=O) groups excluding carboxylic acids is 2. The van der Waals surface area contributed by atoms with Crippen molar-refractivity contribution >= 4 is 34.1 Å². The number of aryl methyl sites for hydroxylation is 1. The molecule has 0 saturated carbocycles. The number of esters is 2. The normalized spacial score (nSPS) is 27.2. The van der Waals surface area contributed by atoms with Crippen LogP contribution in [-0.4, -0.2) is 36.2 Å². The highest BCUT2D eigenvalue weighted by Crippen LogP contribution is 2.52. The maximum absolute atomic E-state index is 12.9. The molecule has 1 aromatic carbocycles. The van der Waals surface area contributed by atoms with Crippen molar-refractivity contribution in [1.29, 1.82) is 0 Å². The third-order valence-electron chi connectivity index (χ3n) is 6.16. The molecule has 0 bridgehead atoms. The van der Waals surface area contributed by atoms with Crippen molar-refractivity contribution in [3.05, 3.63) is 40.9 Å². The largest absolute Gasteiger partial charge is 0.459 e. The molecule has 2 aliphatic rings. The standard InChI is InChI=1S/C24H30N2O5S/c1-15(2)9-10-29-12-17-11-24(20(27)30-17)14-23(4,31-21(24)28)19-13-32-22(26-19)25-18-8-6-5-7-16(18)3/h5-8,13,15,17H,9-12,14H2,1-4H3,(H,25,26)/t17-,23-,24+/m0/s1. The summed E-state index contributed by atoms with van der Waals surface area (Å²) in [6.45, 7) is 9.00. The van der Waals surface area contributed by atoms with Gasteiger partial charge in [0.15, 0.2) is 16.1 Å². The van der Waals surface area contributed by atoms with Gasteiger partial charge in [-0.15, -0.1) is 11.3 Å². The Hall–Kier alpha value is -2.45. The van der Waals surface area contributed by atoms with E-state index in [1.807, 2.05) is 43.5 Å². The molecule has 1 N–H and O–H groups in total. The van der Waals surface area contributed by atoms with E-state index in [-0.39, 0.29) is 12.8 Å². The first-order valence-corrected chi connectivity index (χ1v) is 11.9. The molecule has 2 aliphatic heterocycles. The van der Waals surface area contributed by atoms with E-state index in [2.05, 4.69) is 24.1 Å². The lowest BCUT2D eigenvalue weighted by Crippen LogP contribution is -2.32. The van der Waals surface area contributed by atoms with Crippen LogP contribution in [0.3, 0.4) is 0 Å². The van der Waals surface area contributed by atoms with E-state index >= 15 is 0 Å². The van der Waals surface area contributed by atoms with Gasteiger partial charge in [0.25, 0.3) is 0 Å². The van der Waals surface area contributed by atoms with Crippen LogP contribution in [0.25, 0.3) is 0 Å². The van der Waals surface area contributed by atoms with Crippen LogP contribution < -0.4 is 5.32 Å². The molecule has 0 aliphatic carbocycles. The maximum atomic E-state index is 12.9. The number of nitrogens with one attached hydrogen (secondary N) is 1. The van der Waals surface area contributed by atoms with Crippen LogP contribution in [0.15, 0.2) is 29.6 Å². The number of hydrogen-bond acceptors (Lipinski definition) is 8. The third-order valence-corrected chi connectivity index (χ3v) is 6.92. The van der Waals surface area contributed by atoms with Crippen LogP contribution in [0, 0.1) is 18.3 Å². The average molecular weight is 459 g/mol. The van der Waals surface area contributed by atoms with Gasteiger partial charge in [-0.1, -0.05) is 32.0 Å². The van der Waals surface area contributed by atoms with Gasteiger partial charge in [-0.25, -0.2) is 4.98 Å². The zero-order valence-corrected chi connectivity index (χ0v) is 19.8. The zero-order valence-electron chi connectivity index (χ0n) is 19.0. The molecule has 4 rings (SSSR count). The minimum Gasteiger partial charge on any atom is -0.459 e. The summed E-state index contributed by atoms with van der Waals surface area (Å²) in [4.78, 5) is 30.3. The smallest absolute Gasteiger partial charge is 0.324 e. The summed E-state index contributed by atoms with van der Waals surface area (Å²) in [6.07, 6.45) is 1.00. The number of benzene rings is 1. The Morgan fingerprint density at radius 1 is 1.28 bits per heavy atom. The number of aromatic nitrogens is 1.